The van der Waals surface area contributed by atoms with Gasteiger partial charge in [0.2, 0.25) is 11.2 Å². The lowest BCUT2D eigenvalue weighted by Gasteiger charge is -2.42. The van der Waals surface area contributed by atoms with Crippen LogP contribution in [0.4, 0.5) is 5.82 Å². The minimum atomic E-state index is -0.0549. The van der Waals surface area contributed by atoms with Crippen LogP contribution in [0, 0.1) is 13.8 Å². The molecular formula is C25H24ClN5O2. The Kier molecular flexibility index (Phi) is 5.50. The molecule has 2 aromatic carbocycles. The molecule has 1 aliphatic heterocycles. The van der Waals surface area contributed by atoms with Crippen LogP contribution in [0.5, 0.6) is 0 Å². The van der Waals surface area contributed by atoms with E-state index in [2.05, 4.69) is 38.2 Å². The molecule has 1 fully saturated rings. The predicted octanol–water partition coefficient (Wildman–Crippen LogP) is 4.96. The summed E-state index contributed by atoms with van der Waals surface area (Å²) >= 11 is 6.37. The Labute approximate surface area is 197 Å². The van der Waals surface area contributed by atoms with Gasteiger partial charge in [0.25, 0.3) is 0 Å². The molecule has 1 saturated heterocycles. The highest BCUT2D eigenvalue weighted by Crippen LogP contribution is 2.37. The second-order valence-corrected chi connectivity index (χ2v) is 8.67. The van der Waals surface area contributed by atoms with Crippen molar-refractivity contribution in [2.24, 2.45) is 0 Å². The number of carbonyl (C=O) groups excluding carboxylic acids is 1. The molecule has 1 amide bonds. The molecule has 0 aliphatic carbocycles. The molecule has 3 heterocycles. The quantitative estimate of drug-likeness (QED) is 0.401. The van der Waals surface area contributed by atoms with Gasteiger partial charge in [-0.3, -0.25) is 4.79 Å². The first-order valence-electron chi connectivity index (χ1n) is 10.9. The zero-order valence-electron chi connectivity index (χ0n) is 18.7. The van der Waals surface area contributed by atoms with Crippen LogP contribution in [-0.2, 0) is 4.79 Å². The van der Waals surface area contributed by atoms with E-state index in [1.165, 1.54) is 0 Å². The molecule has 168 valence electrons. The first-order chi connectivity index (χ1) is 15.9. The topological polar surface area (TPSA) is 75.4 Å². The Hall–Kier alpha value is -3.45. The molecule has 2 aromatic heterocycles. The molecule has 1 atom stereocenters. The number of aromatic nitrogens is 3. The number of amides is 1. The lowest BCUT2D eigenvalue weighted by atomic mass is 9.99. The largest absolute Gasteiger partial charge is 0.361 e. The molecule has 7 nitrogen and oxygen atoms in total. The molecule has 33 heavy (non-hydrogen) atoms. The summed E-state index contributed by atoms with van der Waals surface area (Å²) in [5, 5.41) is 5.20. The van der Waals surface area contributed by atoms with Gasteiger partial charge >= 0.3 is 0 Å². The van der Waals surface area contributed by atoms with Gasteiger partial charge in [-0.15, -0.1) is 0 Å². The van der Waals surface area contributed by atoms with Crippen molar-refractivity contribution in [2.75, 3.05) is 24.5 Å². The van der Waals surface area contributed by atoms with E-state index in [9.17, 15) is 4.79 Å². The summed E-state index contributed by atoms with van der Waals surface area (Å²) in [7, 11) is 0. The van der Waals surface area contributed by atoms with Gasteiger partial charge in [-0.1, -0.05) is 41.6 Å². The maximum atomic E-state index is 12.2. The van der Waals surface area contributed by atoms with Gasteiger partial charge in [-0.05, 0) is 48.7 Å². The summed E-state index contributed by atoms with van der Waals surface area (Å²) in [5.41, 5.74) is 4.68. The second kappa shape index (κ2) is 8.48. The van der Waals surface area contributed by atoms with E-state index in [0.29, 0.717) is 19.6 Å². The summed E-state index contributed by atoms with van der Waals surface area (Å²) in [6, 6.07) is 16.2. The first kappa shape index (κ1) is 21.4. The number of anilines is 1. The number of carbonyl (C=O) groups is 1. The van der Waals surface area contributed by atoms with Gasteiger partial charge in [0.15, 0.2) is 0 Å². The fourth-order valence-corrected chi connectivity index (χ4v) is 4.81. The summed E-state index contributed by atoms with van der Waals surface area (Å²) in [5.74, 6) is 1.60. The van der Waals surface area contributed by atoms with E-state index in [1.807, 2.05) is 49.1 Å². The molecule has 0 spiro atoms. The summed E-state index contributed by atoms with van der Waals surface area (Å²) in [6.07, 6.45) is 0. The minimum Gasteiger partial charge on any atom is -0.361 e. The van der Waals surface area contributed by atoms with Gasteiger partial charge < -0.3 is 14.3 Å². The molecule has 5 rings (SSSR count). The van der Waals surface area contributed by atoms with Crippen molar-refractivity contribution < 1.29 is 9.32 Å². The number of nitrogens with zero attached hydrogens (tertiary/aromatic N) is 5. The van der Waals surface area contributed by atoms with E-state index in [0.717, 1.165) is 44.9 Å². The fourth-order valence-electron chi connectivity index (χ4n) is 4.64. The highest BCUT2D eigenvalue weighted by Gasteiger charge is 2.32. The smallest absolute Gasteiger partial charge is 0.224 e. The van der Waals surface area contributed by atoms with E-state index < -0.39 is 0 Å². The van der Waals surface area contributed by atoms with Crippen molar-refractivity contribution in [2.45, 2.75) is 26.8 Å². The van der Waals surface area contributed by atoms with Gasteiger partial charge in [0.05, 0.1) is 17.3 Å². The maximum absolute atomic E-state index is 12.2. The molecule has 1 aliphatic rings. The molecule has 0 radical (unpaired) electrons. The van der Waals surface area contributed by atoms with Crippen LogP contribution >= 0.6 is 11.6 Å². The lowest BCUT2D eigenvalue weighted by Crippen LogP contribution is -2.50. The number of benzene rings is 2. The third-order valence-electron chi connectivity index (χ3n) is 6.25. The highest BCUT2D eigenvalue weighted by atomic mass is 35.5. The Bertz CT molecular complexity index is 1320. The van der Waals surface area contributed by atoms with Crippen LogP contribution in [0.1, 0.15) is 30.0 Å². The number of aryl methyl sites for hydroxylation is 2. The van der Waals surface area contributed by atoms with E-state index in [-0.39, 0.29) is 17.2 Å². The van der Waals surface area contributed by atoms with Crippen LogP contribution in [0.2, 0.25) is 5.28 Å². The number of rotatable bonds is 3. The molecule has 0 saturated carbocycles. The summed E-state index contributed by atoms with van der Waals surface area (Å²) in [4.78, 5) is 25.4. The average Bonchev–Trinajstić information content (AvgIpc) is 3.16. The van der Waals surface area contributed by atoms with Gasteiger partial charge in [-0.2, -0.15) is 4.98 Å². The standard InChI is InChI=1S/C25H24ClN5O2/c1-15-23(16(2)33-29-15)19-9-10-21-20(13-19)24(28-25(26)27-21)31-12-11-30(17(3)32)14-22(31)18-7-5-4-6-8-18/h4-10,13,22H,11-12,14H2,1-3H3. The van der Waals surface area contributed by atoms with Crippen molar-refractivity contribution in [3.8, 4) is 11.1 Å². The van der Waals surface area contributed by atoms with Crippen LogP contribution in [-0.4, -0.2) is 45.6 Å². The molecular weight excluding hydrogens is 438 g/mol. The number of fused-ring (bicyclic) bond motifs is 1. The third kappa shape index (κ3) is 3.93. The van der Waals surface area contributed by atoms with Crippen molar-refractivity contribution in [1.29, 1.82) is 0 Å². The number of hydrogen-bond donors (Lipinski definition) is 0. The van der Waals surface area contributed by atoms with Crippen LogP contribution in [0.3, 0.4) is 0 Å². The third-order valence-corrected chi connectivity index (χ3v) is 6.42. The second-order valence-electron chi connectivity index (χ2n) is 8.33. The van der Waals surface area contributed by atoms with Gasteiger partial charge in [0, 0.05) is 37.5 Å². The summed E-state index contributed by atoms with van der Waals surface area (Å²) < 4.78 is 5.39. The Balaban J connectivity index is 1.67. The van der Waals surface area contributed by atoms with Crippen LogP contribution in [0.25, 0.3) is 22.0 Å². The Morgan fingerprint density at radius 1 is 1.09 bits per heavy atom. The van der Waals surface area contributed by atoms with Crippen molar-refractivity contribution in [1.82, 2.24) is 20.0 Å². The average molecular weight is 462 g/mol. The van der Waals surface area contributed by atoms with Crippen molar-refractivity contribution in [3.63, 3.8) is 0 Å². The maximum Gasteiger partial charge on any atom is 0.224 e. The highest BCUT2D eigenvalue weighted by molar-refractivity contribution is 6.28. The Morgan fingerprint density at radius 3 is 2.58 bits per heavy atom. The minimum absolute atomic E-state index is 0.0549. The molecule has 1 unspecified atom stereocenters. The number of halogens is 1. The fraction of sp³-hybridized carbons (Fsp3) is 0.280. The Morgan fingerprint density at radius 2 is 1.88 bits per heavy atom. The van der Waals surface area contributed by atoms with Crippen LogP contribution < -0.4 is 4.90 Å². The summed E-state index contributed by atoms with van der Waals surface area (Å²) in [6.45, 7) is 7.28. The van der Waals surface area contributed by atoms with Gasteiger partial charge in [0.1, 0.15) is 11.6 Å². The lowest BCUT2D eigenvalue weighted by molar-refractivity contribution is -0.129. The van der Waals surface area contributed by atoms with E-state index in [4.69, 9.17) is 16.1 Å². The number of piperazine rings is 1. The van der Waals surface area contributed by atoms with E-state index >= 15 is 0 Å². The SMILES string of the molecule is CC(=O)N1CCN(c2nc(Cl)nc3ccc(-c4c(C)noc4C)cc23)C(c2ccccc2)C1. The van der Waals surface area contributed by atoms with Gasteiger partial charge in [-0.25, -0.2) is 4.98 Å². The zero-order valence-corrected chi connectivity index (χ0v) is 19.5. The van der Waals surface area contributed by atoms with Crippen molar-refractivity contribution >= 4 is 34.2 Å². The molecule has 0 bridgehead atoms. The monoisotopic (exact) mass is 461 g/mol. The molecule has 8 heteroatoms. The molecule has 4 aromatic rings. The van der Waals surface area contributed by atoms with Crippen molar-refractivity contribution in [3.05, 3.63) is 70.8 Å². The first-order valence-corrected chi connectivity index (χ1v) is 11.3. The van der Waals surface area contributed by atoms with E-state index in [1.54, 1.807) is 6.92 Å². The number of hydrogen-bond acceptors (Lipinski definition) is 6. The van der Waals surface area contributed by atoms with Crippen LogP contribution in [0.15, 0.2) is 53.1 Å². The molecule has 0 N–H and O–H groups in total. The normalized spacial score (nSPS) is 16.4. The zero-order chi connectivity index (χ0) is 23.1. The predicted molar refractivity (Wildman–Crippen MR) is 128 cm³/mol.